The van der Waals surface area contributed by atoms with Gasteiger partial charge in [0.25, 0.3) is 11.8 Å². The molecule has 3 aromatic carbocycles. The minimum atomic E-state index is -1.56. The molecule has 2 atom stereocenters. The molecule has 39 heavy (non-hydrogen) atoms. The normalized spacial score (nSPS) is 12.8. The van der Waals surface area contributed by atoms with E-state index in [9.17, 15) is 14.7 Å². The predicted molar refractivity (Wildman–Crippen MR) is 156 cm³/mol. The van der Waals surface area contributed by atoms with E-state index in [-0.39, 0.29) is 11.9 Å². The van der Waals surface area contributed by atoms with Crippen LogP contribution in [0.5, 0.6) is 0 Å². The average Bonchev–Trinajstić information content (AvgIpc) is 3.31. The first-order chi connectivity index (χ1) is 18.7. The smallest absolute Gasteiger partial charge is 0.255 e. The van der Waals surface area contributed by atoms with E-state index in [0.29, 0.717) is 33.8 Å². The molecule has 0 spiro atoms. The maximum absolute atomic E-state index is 13.3. The van der Waals surface area contributed by atoms with E-state index in [1.165, 1.54) is 0 Å². The Kier molecular flexibility index (Phi) is 8.51. The Morgan fingerprint density at radius 2 is 1.62 bits per heavy atom. The molecule has 0 saturated carbocycles. The number of hydrogen-bond acceptors (Lipinski definition) is 6. The van der Waals surface area contributed by atoms with E-state index in [1.54, 1.807) is 30.3 Å². The molecule has 2 amide bonds. The minimum absolute atomic E-state index is 0.270. The molecule has 0 aliphatic carbocycles. The van der Waals surface area contributed by atoms with Crippen molar-refractivity contribution in [1.29, 1.82) is 0 Å². The van der Waals surface area contributed by atoms with Gasteiger partial charge in [0.15, 0.2) is 12.1 Å². The van der Waals surface area contributed by atoms with Crippen LogP contribution in [0.25, 0.3) is 11.0 Å². The number of imidazole rings is 1. The third-order valence-corrected chi connectivity index (χ3v) is 6.86. The fourth-order valence-corrected chi connectivity index (χ4v) is 4.54. The standard InChI is InChI=1S/C30H36N6O3/c1-5-36(6-2)23-14-11-21(12-15-23)28(38)35-26(20-9-7-19(8-10-20)18(3)4)27(37)29(39)32-22-13-16-24-25(17-22)34-30(31)33-24/h7-18,26-27,37H,5-6H2,1-4H3,(H,32,39)(H,35,38)(H3,31,33,34). The van der Waals surface area contributed by atoms with Gasteiger partial charge >= 0.3 is 0 Å². The third-order valence-electron chi connectivity index (χ3n) is 6.86. The number of fused-ring (bicyclic) bond motifs is 1. The topological polar surface area (TPSA) is 136 Å². The fraction of sp³-hybridized carbons (Fsp3) is 0.300. The van der Waals surface area contributed by atoms with Crippen LogP contribution in [0, 0.1) is 0 Å². The zero-order valence-electron chi connectivity index (χ0n) is 22.7. The van der Waals surface area contributed by atoms with E-state index in [1.807, 2.05) is 36.4 Å². The Hall–Kier alpha value is -4.37. The molecule has 4 aromatic rings. The molecule has 0 aliphatic rings. The number of nitrogens with zero attached hydrogens (tertiary/aromatic N) is 2. The van der Waals surface area contributed by atoms with Gasteiger partial charge in [0, 0.05) is 30.0 Å². The first kappa shape index (κ1) is 27.7. The number of anilines is 3. The van der Waals surface area contributed by atoms with E-state index in [4.69, 9.17) is 5.73 Å². The van der Waals surface area contributed by atoms with Crippen molar-refractivity contribution in [2.75, 3.05) is 29.0 Å². The van der Waals surface area contributed by atoms with E-state index >= 15 is 0 Å². The Morgan fingerprint density at radius 1 is 0.974 bits per heavy atom. The first-order valence-corrected chi connectivity index (χ1v) is 13.2. The minimum Gasteiger partial charge on any atom is -0.381 e. The monoisotopic (exact) mass is 528 g/mol. The molecule has 9 heteroatoms. The summed E-state index contributed by atoms with van der Waals surface area (Å²) in [7, 11) is 0. The van der Waals surface area contributed by atoms with Crippen molar-refractivity contribution < 1.29 is 14.7 Å². The molecule has 0 fully saturated rings. The van der Waals surface area contributed by atoms with E-state index in [2.05, 4.69) is 53.2 Å². The molecular formula is C30H36N6O3. The van der Waals surface area contributed by atoms with Crippen LogP contribution in [0.15, 0.2) is 66.7 Å². The largest absolute Gasteiger partial charge is 0.381 e. The van der Waals surface area contributed by atoms with Crippen LogP contribution in [0.4, 0.5) is 17.3 Å². The summed E-state index contributed by atoms with van der Waals surface area (Å²) in [6.07, 6.45) is -1.56. The van der Waals surface area contributed by atoms with Gasteiger partial charge in [-0.15, -0.1) is 0 Å². The zero-order chi connectivity index (χ0) is 28.1. The van der Waals surface area contributed by atoms with Crippen LogP contribution in [-0.4, -0.2) is 46.1 Å². The fourth-order valence-electron chi connectivity index (χ4n) is 4.54. The molecule has 1 heterocycles. The second-order valence-corrected chi connectivity index (χ2v) is 9.78. The van der Waals surface area contributed by atoms with Crippen LogP contribution in [-0.2, 0) is 4.79 Å². The van der Waals surface area contributed by atoms with Gasteiger partial charge in [-0.2, -0.15) is 0 Å². The van der Waals surface area contributed by atoms with Gasteiger partial charge in [0.1, 0.15) is 0 Å². The SMILES string of the molecule is CCN(CC)c1ccc(C(=O)NC(c2ccc(C(C)C)cc2)C(O)C(=O)Nc2ccc3nc(N)[nH]c3c2)cc1. The highest BCUT2D eigenvalue weighted by molar-refractivity contribution is 5.98. The number of nitrogen functional groups attached to an aromatic ring is 1. The number of carbonyl (C=O) groups is 2. The van der Waals surface area contributed by atoms with Crippen LogP contribution in [0.1, 0.15) is 61.1 Å². The van der Waals surface area contributed by atoms with Crippen LogP contribution >= 0.6 is 0 Å². The number of nitrogens with two attached hydrogens (primary N) is 1. The second kappa shape index (κ2) is 12.0. The maximum Gasteiger partial charge on any atom is 0.255 e. The molecule has 2 unspecified atom stereocenters. The number of aromatic amines is 1. The van der Waals surface area contributed by atoms with Gasteiger partial charge in [-0.1, -0.05) is 38.1 Å². The van der Waals surface area contributed by atoms with Crippen LogP contribution in [0.3, 0.4) is 0 Å². The number of aromatic nitrogens is 2. The number of hydrogen-bond donors (Lipinski definition) is 5. The summed E-state index contributed by atoms with van der Waals surface area (Å²) in [4.78, 5) is 35.7. The van der Waals surface area contributed by atoms with Gasteiger partial charge < -0.3 is 31.4 Å². The lowest BCUT2D eigenvalue weighted by Crippen LogP contribution is -2.42. The van der Waals surface area contributed by atoms with E-state index < -0.39 is 18.1 Å². The Labute approximate surface area is 228 Å². The summed E-state index contributed by atoms with van der Waals surface area (Å²) in [6.45, 7) is 10.0. The van der Waals surface area contributed by atoms with Crippen molar-refractivity contribution in [2.45, 2.75) is 45.8 Å². The molecule has 0 radical (unpaired) electrons. The zero-order valence-corrected chi connectivity index (χ0v) is 22.7. The van der Waals surface area contributed by atoms with E-state index in [0.717, 1.165) is 24.3 Å². The lowest BCUT2D eigenvalue weighted by atomic mass is 9.95. The average molecular weight is 529 g/mol. The molecule has 0 saturated heterocycles. The highest BCUT2D eigenvalue weighted by atomic mass is 16.3. The van der Waals surface area contributed by atoms with Crippen LogP contribution in [0.2, 0.25) is 0 Å². The number of H-pyrrole nitrogens is 1. The summed E-state index contributed by atoms with van der Waals surface area (Å²) < 4.78 is 0. The van der Waals surface area contributed by atoms with Gasteiger partial charge in [-0.3, -0.25) is 9.59 Å². The van der Waals surface area contributed by atoms with Gasteiger partial charge in [-0.05, 0) is 73.4 Å². The highest BCUT2D eigenvalue weighted by Gasteiger charge is 2.30. The van der Waals surface area contributed by atoms with Crippen molar-refractivity contribution in [2.24, 2.45) is 0 Å². The highest BCUT2D eigenvalue weighted by Crippen LogP contribution is 2.24. The van der Waals surface area contributed by atoms with Crippen molar-refractivity contribution in [3.05, 3.63) is 83.4 Å². The second-order valence-electron chi connectivity index (χ2n) is 9.78. The number of nitrogens with one attached hydrogen (secondary N) is 3. The summed E-state index contributed by atoms with van der Waals surface area (Å²) in [5, 5.41) is 16.8. The summed E-state index contributed by atoms with van der Waals surface area (Å²) >= 11 is 0. The van der Waals surface area contributed by atoms with Crippen molar-refractivity contribution >= 4 is 40.2 Å². The number of carbonyl (C=O) groups excluding carboxylic acids is 2. The summed E-state index contributed by atoms with van der Waals surface area (Å²) in [6, 6.07) is 19.0. The first-order valence-electron chi connectivity index (χ1n) is 13.2. The van der Waals surface area contributed by atoms with Gasteiger partial charge in [0.2, 0.25) is 0 Å². The number of aliphatic hydroxyl groups is 1. The van der Waals surface area contributed by atoms with Gasteiger partial charge in [-0.25, -0.2) is 4.98 Å². The summed E-state index contributed by atoms with van der Waals surface area (Å²) in [5.41, 5.74) is 10.7. The quantitative estimate of drug-likeness (QED) is 0.204. The van der Waals surface area contributed by atoms with Gasteiger partial charge in [0.05, 0.1) is 17.1 Å². The van der Waals surface area contributed by atoms with Crippen molar-refractivity contribution in [3.63, 3.8) is 0 Å². The predicted octanol–water partition coefficient (Wildman–Crippen LogP) is 4.59. The number of aliphatic hydroxyl groups excluding tert-OH is 1. The maximum atomic E-state index is 13.3. The Bertz CT molecular complexity index is 1430. The number of amides is 2. The lowest BCUT2D eigenvalue weighted by Gasteiger charge is -2.25. The summed E-state index contributed by atoms with van der Waals surface area (Å²) in [5.74, 6) is -0.459. The third kappa shape index (κ3) is 6.38. The molecule has 0 bridgehead atoms. The molecule has 204 valence electrons. The Balaban J connectivity index is 1.57. The molecular weight excluding hydrogens is 492 g/mol. The molecule has 4 rings (SSSR count). The lowest BCUT2D eigenvalue weighted by molar-refractivity contribution is -0.125. The Morgan fingerprint density at radius 3 is 2.23 bits per heavy atom. The number of benzene rings is 3. The number of rotatable bonds is 10. The molecule has 1 aromatic heterocycles. The molecule has 6 N–H and O–H groups in total. The van der Waals surface area contributed by atoms with Crippen LogP contribution < -0.4 is 21.3 Å². The molecule has 9 nitrogen and oxygen atoms in total. The van der Waals surface area contributed by atoms with Crippen molar-refractivity contribution in [1.82, 2.24) is 15.3 Å². The van der Waals surface area contributed by atoms with Crippen molar-refractivity contribution in [3.8, 4) is 0 Å². The molecule has 0 aliphatic heterocycles.